The number of piperidine rings is 1. The zero-order valence-corrected chi connectivity index (χ0v) is 13.1. The second-order valence-corrected chi connectivity index (χ2v) is 7.83. The number of nitrogens with zero attached hydrogens (tertiary/aromatic N) is 1. The topological polar surface area (TPSA) is 49.4 Å². The highest BCUT2D eigenvalue weighted by molar-refractivity contribution is 9.09. The lowest BCUT2D eigenvalue weighted by atomic mass is 10.0. The fraction of sp³-hybridized carbons (Fsp3) is 1.00. The van der Waals surface area contributed by atoms with E-state index >= 15 is 0 Å². The minimum absolute atomic E-state index is 0.395. The Labute approximate surface area is 113 Å². The van der Waals surface area contributed by atoms with Crippen molar-refractivity contribution < 1.29 is 8.42 Å². The number of halogens is 1. The fourth-order valence-electron chi connectivity index (χ4n) is 1.87. The van der Waals surface area contributed by atoms with Gasteiger partial charge in [0.15, 0.2) is 0 Å². The minimum Gasteiger partial charge on any atom is -0.202 e. The third-order valence-electron chi connectivity index (χ3n) is 3.27. The molecule has 1 heterocycles. The van der Waals surface area contributed by atoms with Gasteiger partial charge < -0.3 is 0 Å². The highest BCUT2D eigenvalue weighted by Crippen LogP contribution is 2.18. The van der Waals surface area contributed by atoms with Gasteiger partial charge in [0.2, 0.25) is 0 Å². The van der Waals surface area contributed by atoms with E-state index in [1.165, 1.54) is 0 Å². The van der Waals surface area contributed by atoms with E-state index in [1.54, 1.807) is 4.31 Å². The Balaban J connectivity index is 2.35. The second kappa shape index (κ2) is 7.07. The average Bonchev–Trinajstić information content (AvgIpc) is 2.29. The zero-order valence-electron chi connectivity index (χ0n) is 10.7. The summed E-state index contributed by atoms with van der Waals surface area (Å²) in [6.07, 6.45) is 3.79. The van der Waals surface area contributed by atoms with Gasteiger partial charge in [-0.1, -0.05) is 29.8 Å². The predicted molar refractivity (Wildman–Crippen MR) is 74.5 cm³/mol. The first kappa shape index (κ1) is 15.4. The van der Waals surface area contributed by atoms with Gasteiger partial charge in [0.25, 0.3) is 10.2 Å². The quantitative estimate of drug-likeness (QED) is 0.760. The Morgan fingerprint density at radius 2 is 2.00 bits per heavy atom. The number of alkyl halides is 1. The van der Waals surface area contributed by atoms with Gasteiger partial charge in [-0.2, -0.15) is 12.7 Å². The van der Waals surface area contributed by atoms with Crippen LogP contribution in [-0.2, 0) is 10.2 Å². The standard InChI is InChI=1S/C11H23BrN2O2S/c1-3-11(12)4-7-13-17(15,16)14-8-5-10(2)6-9-14/h10-11,13H,3-9H2,1-2H3. The summed E-state index contributed by atoms with van der Waals surface area (Å²) in [4.78, 5) is 0.395. The van der Waals surface area contributed by atoms with E-state index in [9.17, 15) is 8.42 Å². The molecule has 1 saturated heterocycles. The van der Waals surface area contributed by atoms with E-state index in [1.807, 2.05) is 0 Å². The summed E-state index contributed by atoms with van der Waals surface area (Å²) < 4.78 is 28.2. The molecule has 6 heteroatoms. The fourth-order valence-corrected chi connectivity index (χ4v) is 3.34. The summed E-state index contributed by atoms with van der Waals surface area (Å²) in [6, 6.07) is 0. The minimum atomic E-state index is -3.25. The van der Waals surface area contributed by atoms with E-state index in [0.29, 0.717) is 30.4 Å². The summed E-state index contributed by atoms with van der Waals surface area (Å²) in [5, 5.41) is 0. The predicted octanol–water partition coefficient (Wildman–Crippen LogP) is 2.12. The average molecular weight is 327 g/mol. The van der Waals surface area contributed by atoms with Crippen LogP contribution in [0.5, 0.6) is 0 Å². The van der Waals surface area contributed by atoms with Crippen molar-refractivity contribution >= 4 is 26.1 Å². The van der Waals surface area contributed by atoms with Crippen molar-refractivity contribution in [3.05, 3.63) is 0 Å². The Hall–Kier alpha value is 0.350. The van der Waals surface area contributed by atoms with Crippen molar-refractivity contribution in [3.8, 4) is 0 Å². The summed E-state index contributed by atoms with van der Waals surface area (Å²) in [5.74, 6) is 0.647. The number of hydrogen-bond donors (Lipinski definition) is 1. The third-order valence-corrected chi connectivity index (χ3v) is 5.99. The van der Waals surface area contributed by atoms with Crippen molar-refractivity contribution in [1.82, 2.24) is 9.03 Å². The number of hydrogen-bond acceptors (Lipinski definition) is 2. The van der Waals surface area contributed by atoms with Gasteiger partial charge in [-0.25, -0.2) is 4.72 Å². The van der Waals surface area contributed by atoms with E-state index in [-0.39, 0.29) is 0 Å². The lowest BCUT2D eigenvalue weighted by Gasteiger charge is -2.29. The van der Waals surface area contributed by atoms with Crippen molar-refractivity contribution in [1.29, 1.82) is 0 Å². The lowest BCUT2D eigenvalue weighted by molar-refractivity contribution is 0.285. The molecule has 1 aliphatic heterocycles. The first-order valence-corrected chi connectivity index (χ1v) is 8.70. The Kier molecular flexibility index (Phi) is 6.40. The lowest BCUT2D eigenvalue weighted by Crippen LogP contribution is -2.45. The van der Waals surface area contributed by atoms with E-state index in [2.05, 4.69) is 34.5 Å². The maximum atomic E-state index is 12.0. The molecule has 1 atom stereocenters. The van der Waals surface area contributed by atoms with Gasteiger partial charge >= 0.3 is 0 Å². The molecule has 0 aromatic carbocycles. The maximum Gasteiger partial charge on any atom is 0.279 e. The van der Waals surface area contributed by atoms with Gasteiger partial charge in [-0.3, -0.25) is 0 Å². The second-order valence-electron chi connectivity index (χ2n) is 4.78. The van der Waals surface area contributed by atoms with Crippen LogP contribution < -0.4 is 4.72 Å². The molecule has 102 valence electrons. The van der Waals surface area contributed by atoms with E-state index < -0.39 is 10.2 Å². The monoisotopic (exact) mass is 326 g/mol. The van der Waals surface area contributed by atoms with Crippen LogP contribution in [0.4, 0.5) is 0 Å². The smallest absolute Gasteiger partial charge is 0.202 e. The highest BCUT2D eigenvalue weighted by atomic mass is 79.9. The molecular weight excluding hydrogens is 304 g/mol. The normalized spacial score (nSPS) is 21.6. The summed E-state index contributed by atoms with van der Waals surface area (Å²) in [6.45, 7) is 6.08. The van der Waals surface area contributed by atoms with Gasteiger partial charge in [0.1, 0.15) is 0 Å². The van der Waals surface area contributed by atoms with Crippen molar-refractivity contribution in [2.24, 2.45) is 5.92 Å². The van der Waals surface area contributed by atoms with Crippen LogP contribution in [0.25, 0.3) is 0 Å². The molecule has 1 rings (SSSR count). The summed E-state index contributed by atoms with van der Waals surface area (Å²) in [7, 11) is -3.25. The zero-order chi connectivity index (χ0) is 12.9. The van der Waals surface area contributed by atoms with Gasteiger partial charge in [-0.05, 0) is 31.6 Å². The van der Waals surface area contributed by atoms with Crippen LogP contribution in [0.3, 0.4) is 0 Å². The molecule has 0 aromatic heterocycles. The molecule has 1 N–H and O–H groups in total. The molecule has 0 bridgehead atoms. The molecule has 4 nitrogen and oxygen atoms in total. The van der Waals surface area contributed by atoms with Crippen LogP contribution in [0.2, 0.25) is 0 Å². The highest BCUT2D eigenvalue weighted by Gasteiger charge is 2.25. The summed E-state index contributed by atoms with van der Waals surface area (Å²) in [5.41, 5.74) is 0. The van der Waals surface area contributed by atoms with E-state index in [4.69, 9.17) is 0 Å². The molecule has 0 spiro atoms. The molecule has 1 unspecified atom stereocenters. The van der Waals surface area contributed by atoms with Crippen LogP contribution in [0.1, 0.15) is 39.5 Å². The third kappa shape index (κ3) is 5.24. The molecular formula is C11H23BrN2O2S. The first-order chi connectivity index (χ1) is 7.95. The van der Waals surface area contributed by atoms with Crippen LogP contribution >= 0.6 is 15.9 Å². The molecule has 0 amide bonds. The molecule has 0 radical (unpaired) electrons. The largest absolute Gasteiger partial charge is 0.279 e. The Morgan fingerprint density at radius 3 is 2.53 bits per heavy atom. The first-order valence-electron chi connectivity index (χ1n) is 6.34. The van der Waals surface area contributed by atoms with Gasteiger partial charge in [0.05, 0.1) is 0 Å². The molecule has 0 aliphatic carbocycles. The molecule has 1 aliphatic rings. The number of nitrogens with one attached hydrogen (secondary N) is 1. The van der Waals surface area contributed by atoms with E-state index in [0.717, 1.165) is 25.7 Å². The number of rotatable bonds is 6. The molecule has 17 heavy (non-hydrogen) atoms. The molecule has 0 aromatic rings. The van der Waals surface area contributed by atoms with Gasteiger partial charge in [0, 0.05) is 24.5 Å². The van der Waals surface area contributed by atoms with Crippen LogP contribution in [0.15, 0.2) is 0 Å². The summed E-state index contributed by atoms with van der Waals surface area (Å²) >= 11 is 3.50. The van der Waals surface area contributed by atoms with Crippen LogP contribution in [-0.4, -0.2) is 37.2 Å². The molecule has 1 fully saturated rings. The Morgan fingerprint density at radius 1 is 1.41 bits per heavy atom. The van der Waals surface area contributed by atoms with Crippen molar-refractivity contribution in [2.75, 3.05) is 19.6 Å². The van der Waals surface area contributed by atoms with Gasteiger partial charge in [-0.15, -0.1) is 0 Å². The van der Waals surface area contributed by atoms with Crippen molar-refractivity contribution in [2.45, 2.75) is 44.4 Å². The maximum absolute atomic E-state index is 12.0. The molecule has 0 saturated carbocycles. The van der Waals surface area contributed by atoms with Crippen molar-refractivity contribution in [3.63, 3.8) is 0 Å². The van der Waals surface area contributed by atoms with Crippen LogP contribution in [0, 0.1) is 5.92 Å². The SMILES string of the molecule is CCC(Br)CCNS(=O)(=O)N1CCC(C)CC1. The Bertz CT molecular complexity index is 313.